The number of rotatable bonds is 4. The maximum absolute atomic E-state index is 14.8. The van der Waals surface area contributed by atoms with Crippen molar-refractivity contribution in [3.8, 4) is 23.1 Å². The third kappa shape index (κ3) is 4.31. The highest BCUT2D eigenvalue weighted by Crippen LogP contribution is 2.39. The topological polar surface area (TPSA) is 93.1 Å². The van der Waals surface area contributed by atoms with Crippen LogP contribution in [-0.2, 0) is 0 Å². The van der Waals surface area contributed by atoms with E-state index in [0.29, 0.717) is 17.3 Å². The largest absolute Gasteiger partial charge is 0.378 e. The number of aromatic nitrogens is 4. The second-order valence-electron chi connectivity index (χ2n) is 9.30. The number of fused-ring (bicyclic) bond motifs is 1. The lowest BCUT2D eigenvalue weighted by Gasteiger charge is -2.32. The molecule has 2 aliphatic rings. The Kier molecular flexibility index (Phi) is 5.55. The van der Waals surface area contributed by atoms with E-state index in [2.05, 4.69) is 43.2 Å². The van der Waals surface area contributed by atoms with Gasteiger partial charge in [0.05, 0.1) is 17.9 Å². The molecule has 4 heterocycles. The summed E-state index contributed by atoms with van der Waals surface area (Å²) in [5.41, 5.74) is 7.03. The van der Waals surface area contributed by atoms with Crippen LogP contribution in [-0.4, -0.2) is 54.8 Å². The first kappa shape index (κ1) is 21.8. The van der Waals surface area contributed by atoms with Gasteiger partial charge in [0.2, 0.25) is 5.95 Å². The van der Waals surface area contributed by atoms with E-state index < -0.39 is 11.4 Å². The quantitative estimate of drug-likeness (QED) is 0.595. The molecule has 7 nitrogen and oxygen atoms in total. The molecule has 172 valence electrons. The number of piperidine rings is 1. The predicted octanol–water partition coefficient (Wildman–Crippen LogP) is 3.38. The highest BCUT2D eigenvalue weighted by atomic mass is 19.1. The minimum absolute atomic E-state index is 0.0260. The van der Waals surface area contributed by atoms with Gasteiger partial charge in [-0.3, -0.25) is 0 Å². The molecule has 0 radical (unpaired) electrons. The molecule has 0 aromatic carbocycles. The molecule has 3 aromatic rings. The van der Waals surface area contributed by atoms with Gasteiger partial charge in [0, 0.05) is 36.3 Å². The van der Waals surface area contributed by atoms with Crippen LogP contribution in [0, 0.1) is 23.6 Å². The summed E-state index contributed by atoms with van der Waals surface area (Å²) in [7, 11) is 0. The number of halogens is 1. The third-order valence-corrected chi connectivity index (χ3v) is 6.95. The van der Waals surface area contributed by atoms with Crippen molar-refractivity contribution in [2.24, 2.45) is 5.92 Å². The number of hydrogen-bond donors (Lipinski definition) is 2. The van der Waals surface area contributed by atoms with Gasteiger partial charge in [-0.15, -0.1) is 0 Å². The number of anilines is 1. The summed E-state index contributed by atoms with van der Waals surface area (Å²) in [6, 6.07) is 2.15. The van der Waals surface area contributed by atoms with Crippen molar-refractivity contribution in [3.05, 3.63) is 36.2 Å². The Hall–Kier alpha value is -3.02. The minimum Gasteiger partial charge on any atom is -0.378 e. The Morgan fingerprint density at radius 1 is 1.21 bits per heavy atom. The van der Waals surface area contributed by atoms with Crippen LogP contribution in [0.1, 0.15) is 51.3 Å². The smallest absolute Gasteiger partial charge is 0.220 e. The number of aliphatic hydroxyl groups is 1. The van der Waals surface area contributed by atoms with Gasteiger partial charge in [0.25, 0.3) is 0 Å². The summed E-state index contributed by atoms with van der Waals surface area (Å²) in [5.74, 6) is 5.72. The van der Waals surface area contributed by atoms with E-state index in [0.717, 1.165) is 62.4 Å². The maximum atomic E-state index is 14.8. The summed E-state index contributed by atoms with van der Waals surface area (Å²) >= 11 is 0. The number of hydrogen-bond acceptors (Lipinski definition) is 6. The van der Waals surface area contributed by atoms with Crippen LogP contribution in [0.4, 0.5) is 10.3 Å². The monoisotopic (exact) mass is 448 g/mol. The van der Waals surface area contributed by atoms with Crippen molar-refractivity contribution in [1.82, 2.24) is 24.4 Å². The number of likely N-dealkylation sites (tertiary alicyclic amines) is 1. The highest BCUT2D eigenvalue weighted by Gasteiger charge is 2.38. The Morgan fingerprint density at radius 3 is 2.67 bits per heavy atom. The van der Waals surface area contributed by atoms with Crippen LogP contribution in [0.3, 0.4) is 0 Å². The average Bonchev–Trinajstić information content (AvgIpc) is 3.62. The Bertz CT molecular complexity index is 1240. The molecular weight excluding hydrogens is 419 g/mol. The average molecular weight is 449 g/mol. The molecule has 1 saturated heterocycles. The van der Waals surface area contributed by atoms with Gasteiger partial charge in [-0.2, -0.15) is 0 Å². The van der Waals surface area contributed by atoms with E-state index in [-0.39, 0.29) is 17.6 Å². The number of nitrogens with two attached hydrogens (primary N) is 1. The van der Waals surface area contributed by atoms with Crippen molar-refractivity contribution in [2.45, 2.75) is 51.2 Å². The molecule has 1 aliphatic heterocycles. The van der Waals surface area contributed by atoms with Crippen LogP contribution in [0.5, 0.6) is 0 Å². The SMILES string of the molecule is CCN1CCC(n2cc(-c3nc(N)ncc3F)c3cc(C#CC(C)(O)C4CC4)ncc32)CC1. The molecule has 1 saturated carbocycles. The van der Waals surface area contributed by atoms with Gasteiger partial charge in [-0.05, 0) is 57.1 Å². The van der Waals surface area contributed by atoms with Crippen molar-refractivity contribution < 1.29 is 9.50 Å². The fourth-order valence-corrected chi connectivity index (χ4v) is 4.73. The van der Waals surface area contributed by atoms with E-state index in [4.69, 9.17) is 5.73 Å². The lowest BCUT2D eigenvalue weighted by Crippen LogP contribution is -2.34. The predicted molar refractivity (Wildman–Crippen MR) is 126 cm³/mol. The van der Waals surface area contributed by atoms with Gasteiger partial charge >= 0.3 is 0 Å². The molecule has 0 spiro atoms. The van der Waals surface area contributed by atoms with Gasteiger partial charge in [-0.1, -0.05) is 12.8 Å². The van der Waals surface area contributed by atoms with Gasteiger partial charge in [-0.25, -0.2) is 19.3 Å². The van der Waals surface area contributed by atoms with Crippen LogP contribution < -0.4 is 5.73 Å². The summed E-state index contributed by atoms with van der Waals surface area (Å²) in [4.78, 5) is 15.0. The van der Waals surface area contributed by atoms with E-state index in [1.54, 1.807) is 13.1 Å². The standard InChI is InChI=1S/C25H29FN6O/c1-3-31-10-7-18(8-11-31)32-15-20(23-21(26)13-29-24(27)30-23)19-12-17(28-14-22(19)32)6-9-25(2,33)16-4-5-16/h12-16,18,33H,3-5,7-8,10-11H2,1-2H3,(H2,27,29,30). The fourth-order valence-electron chi connectivity index (χ4n) is 4.73. The number of pyridine rings is 1. The fraction of sp³-hybridized carbons (Fsp3) is 0.480. The van der Waals surface area contributed by atoms with E-state index >= 15 is 0 Å². The van der Waals surface area contributed by atoms with E-state index in [9.17, 15) is 9.50 Å². The van der Waals surface area contributed by atoms with Crippen molar-refractivity contribution >= 4 is 16.9 Å². The van der Waals surface area contributed by atoms with Gasteiger partial charge < -0.3 is 20.3 Å². The van der Waals surface area contributed by atoms with Crippen molar-refractivity contribution in [1.29, 1.82) is 0 Å². The first-order valence-corrected chi connectivity index (χ1v) is 11.6. The second kappa shape index (κ2) is 8.40. The van der Waals surface area contributed by atoms with Gasteiger partial charge in [0.1, 0.15) is 17.0 Å². The van der Waals surface area contributed by atoms with Crippen LogP contribution >= 0.6 is 0 Å². The van der Waals surface area contributed by atoms with Crippen molar-refractivity contribution in [2.75, 3.05) is 25.4 Å². The maximum Gasteiger partial charge on any atom is 0.220 e. The molecule has 1 aliphatic carbocycles. The lowest BCUT2D eigenvalue weighted by molar-refractivity contribution is 0.0980. The zero-order chi connectivity index (χ0) is 23.2. The molecular formula is C25H29FN6O. The Labute approximate surface area is 192 Å². The van der Waals surface area contributed by atoms with Crippen molar-refractivity contribution in [3.63, 3.8) is 0 Å². The summed E-state index contributed by atoms with van der Waals surface area (Å²) in [6.07, 6.45) is 8.87. The Balaban J connectivity index is 1.60. The molecule has 1 unspecified atom stereocenters. The molecule has 3 N–H and O–H groups in total. The highest BCUT2D eigenvalue weighted by molar-refractivity contribution is 5.95. The summed E-state index contributed by atoms with van der Waals surface area (Å²) in [6.45, 7) is 7.03. The van der Waals surface area contributed by atoms with Crippen LogP contribution in [0.25, 0.3) is 22.2 Å². The number of nitrogen functional groups attached to an aromatic ring is 1. The van der Waals surface area contributed by atoms with E-state index in [1.165, 1.54) is 0 Å². The molecule has 5 rings (SSSR count). The summed E-state index contributed by atoms with van der Waals surface area (Å²) < 4.78 is 17.0. The molecule has 0 bridgehead atoms. The normalized spacial score (nSPS) is 19.3. The number of nitrogens with zero attached hydrogens (tertiary/aromatic N) is 5. The van der Waals surface area contributed by atoms with E-state index in [1.807, 2.05) is 12.3 Å². The molecule has 33 heavy (non-hydrogen) atoms. The molecule has 8 heteroatoms. The van der Waals surface area contributed by atoms with Crippen LogP contribution in [0.2, 0.25) is 0 Å². The molecule has 0 amide bonds. The molecule has 3 aromatic heterocycles. The first-order chi connectivity index (χ1) is 15.9. The molecule has 1 atom stereocenters. The van der Waals surface area contributed by atoms with Crippen LogP contribution in [0.15, 0.2) is 24.7 Å². The van der Waals surface area contributed by atoms with Gasteiger partial charge in [0.15, 0.2) is 5.82 Å². The lowest BCUT2D eigenvalue weighted by atomic mass is 10.0. The zero-order valence-corrected chi connectivity index (χ0v) is 19.1. The zero-order valence-electron chi connectivity index (χ0n) is 19.1. The third-order valence-electron chi connectivity index (χ3n) is 6.95. The second-order valence-corrected chi connectivity index (χ2v) is 9.30. The molecule has 2 fully saturated rings. The first-order valence-electron chi connectivity index (χ1n) is 11.6. The Morgan fingerprint density at radius 2 is 1.97 bits per heavy atom. The summed E-state index contributed by atoms with van der Waals surface area (Å²) in [5, 5.41) is 11.4. The minimum atomic E-state index is -1.02.